The van der Waals surface area contributed by atoms with Crippen LogP contribution in [0.4, 0.5) is 16.5 Å². The Kier molecular flexibility index (Phi) is 7.01. The third-order valence-electron chi connectivity index (χ3n) is 5.52. The Morgan fingerprint density at radius 1 is 0.974 bits per heavy atom. The van der Waals surface area contributed by atoms with Crippen LogP contribution in [0.2, 0.25) is 5.02 Å². The molecule has 1 aliphatic heterocycles. The van der Waals surface area contributed by atoms with Crippen LogP contribution in [0, 0.1) is 0 Å². The normalized spacial score (nSPS) is 15.3. The number of hydrogen-bond acceptors (Lipinski definition) is 8. The first-order valence-corrected chi connectivity index (χ1v) is 15.2. The Labute approximate surface area is 228 Å². The zero-order valence-corrected chi connectivity index (χ0v) is 22.5. The van der Waals surface area contributed by atoms with Crippen molar-refractivity contribution in [2.75, 3.05) is 20.9 Å². The monoisotopic (exact) mass is 590 g/mol. The maximum absolute atomic E-state index is 13.5. The van der Waals surface area contributed by atoms with E-state index in [1.165, 1.54) is 54.7 Å². The number of sulfonamides is 2. The molecule has 0 saturated carbocycles. The quantitative estimate of drug-likeness (QED) is 0.329. The number of benzene rings is 3. The number of aromatic nitrogens is 1. The number of hydrogen-bond donors (Lipinski definition) is 2. The highest BCUT2D eigenvalue weighted by molar-refractivity contribution is 7.93. The molecular weight excluding hydrogens is 572 g/mol. The summed E-state index contributed by atoms with van der Waals surface area (Å²) in [5.74, 6) is -0.376. The summed E-state index contributed by atoms with van der Waals surface area (Å²) in [5.41, 5.74) is 0.603. The molecule has 1 amide bonds. The van der Waals surface area contributed by atoms with Gasteiger partial charge in [0.2, 0.25) is 0 Å². The predicted octanol–water partition coefficient (Wildman–Crippen LogP) is 4.19. The fraction of sp³-hybridized carbons (Fsp3) is 0.0833. The van der Waals surface area contributed by atoms with E-state index in [0.717, 1.165) is 15.6 Å². The summed E-state index contributed by atoms with van der Waals surface area (Å²) in [4.78, 5) is 17.0. The van der Waals surface area contributed by atoms with Crippen molar-refractivity contribution in [1.29, 1.82) is 0 Å². The van der Waals surface area contributed by atoms with Gasteiger partial charge in [0, 0.05) is 22.3 Å². The highest BCUT2D eigenvalue weighted by Gasteiger charge is 2.37. The number of halogens is 1. The third kappa shape index (κ3) is 5.31. The lowest BCUT2D eigenvalue weighted by atomic mass is 10.2. The summed E-state index contributed by atoms with van der Waals surface area (Å²) in [6.07, 6.45) is 0.302. The van der Waals surface area contributed by atoms with Gasteiger partial charge in [-0.3, -0.25) is 13.8 Å². The molecule has 0 radical (unpaired) electrons. The number of anilines is 3. The van der Waals surface area contributed by atoms with Gasteiger partial charge >= 0.3 is 0 Å². The molecule has 0 bridgehead atoms. The number of fused-ring (bicyclic) bond motifs is 1. The fourth-order valence-corrected chi connectivity index (χ4v) is 7.08. The molecular formula is C24H19ClN4O6S3. The molecule has 0 aliphatic carbocycles. The van der Waals surface area contributed by atoms with Crippen LogP contribution >= 0.6 is 22.9 Å². The van der Waals surface area contributed by atoms with Crippen molar-refractivity contribution in [2.24, 2.45) is 0 Å². The van der Waals surface area contributed by atoms with Crippen LogP contribution < -0.4 is 19.1 Å². The lowest BCUT2D eigenvalue weighted by Gasteiger charge is -2.34. The number of ether oxygens (including phenoxy) is 1. The molecule has 1 aliphatic rings. The molecule has 1 atom stereocenters. The minimum atomic E-state index is -4.04. The summed E-state index contributed by atoms with van der Waals surface area (Å²) in [7, 11) is -7.89. The maximum Gasteiger partial charge on any atom is 0.267 e. The maximum atomic E-state index is 13.5. The summed E-state index contributed by atoms with van der Waals surface area (Å²) < 4.78 is 61.3. The zero-order chi connectivity index (χ0) is 26.9. The molecule has 5 rings (SSSR count). The second kappa shape index (κ2) is 10.3. The highest BCUT2D eigenvalue weighted by atomic mass is 35.5. The Morgan fingerprint density at radius 2 is 1.66 bits per heavy atom. The van der Waals surface area contributed by atoms with Crippen molar-refractivity contribution >= 4 is 65.4 Å². The van der Waals surface area contributed by atoms with Gasteiger partial charge in [0.15, 0.2) is 11.2 Å². The second-order valence-corrected chi connectivity index (χ2v) is 12.9. The van der Waals surface area contributed by atoms with Crippen LogP contribution in [0.15, 0.2) is 94.2 Å². The van der Waals surface area contributed by atoms with Crippen molar-refractivity contribution < 1.29 is 26.4 Å². The van der Waals surface area contributed by atoms with Crippen LogP contribution in [0.5, 0.6) is 5.75 Å². The average Bonchev–Trinajstić information content (AvgIpc) is 3.41. The predicted molar refractivity (Wildman–Crippen MR) is 145 cm³/mol. The summed E-state index contributed by atoms with van der Waals surface area (Å²) >= 11 is 7.06. The second-order valence-electron chi connectivity index (χ2n) is 8.02. The van der Waals surface area contributed by atoms with E-state index in [1.54, 1.807) is 29.6 Å². The lowest BCUT2D eigenvalue weighted by Crippen LogP contribution is -2.48. The van der Waals surface area contributed by atoms with Gasteiger partial charge in [-0.25, -0.2) is 21.8 Å². The number of nitrogens with zero attached hydrogens (tertiary/aromatic N) is 2. The molecule has 2 heterocycles. The highest BCUT2D eigenvalue weighted by Crippen LogP contribution is 2.37. The van der Waals surface area contributed by atoms with E-state index < -0.39 is 32.1 Å². The van der Waals surface area contributed by atoms with E-state index in [0.29, 0.717) is 16.4 Å². The van der Waals surface area contributed by atoms with Gasteiger partial charge < -0.3 is 10.1 Å². The zero-order valence-electron chi connectivity index (χ0n) is 19.3. The van der Waals surface area contributed by atoms with Gasteiger partial charge in [-0.15, -0.1) is 11.3 Å². The average molecular weight is 591 g/mol. The fourth-order valence-electron chi connectivity index (χ4n) is 3.69. The molecule has 38 heavy (non-hydrogen) atoms. The first-order valence-electron chi connectivity index (χ1n) is 11.0. The van der Waals surface area contributed by atoms with E-state index in [-0.39, 0.29) is 27.2 Å². The molecule has 10 nitrogen and oxygen atoms in total. The van der Waals surface area contributed by atoms with Crippen LogP contribution in [0.25, 0.3) is 0 Å². The third-order valence-corrected chi connectivity index (χ3v) is 9.73. The number of nitrogens with one attached hydrogen (secondary N) is 2. The van der Waals surface area contributed by atoms with Crippen LogP contribution in [0.1, 0.15) is 0 Å². The number of carbonyl (C=O) groups is 1. The first kappa shape index (κ1) is 26.0. The lowest BCUT2D eigenvalue weighted by molar-refractivity contribution is -0.122. The molecule has 0 saturated heterocycles. The smallest absolute Gasteiger partial charge is 0.267 e. The Bertz CT molecular complexity index is 1680. The van der Waals surface area contributed by atoms with Gasteiger partial charge in [0.1, 0.15) is 5.75 Å². The van der Waals surface area contributed by atoms with E-state index >= 15 is 0 Å². The van der Waals surface area contributed by atoms with E-state index in [2.05, 4.69) is 15.0 Å². The Hall–Kier alpha value is -3.65. The number of amides is 1. The van der Waals surface area contributed by atoms with Gasteiger partial charge in [-0.2, -0.15) is 0 Å². The van der Waals surface area contributed by atoms with Crippen LogP contribution in [0.3, 0.4) is 0 Å². The largest absolute Gasteiger partial charge is 0.476 e. The first-order chi connectivity index (χ1) is 18.1. The van der Waals surface area contributed by atoms with E-state index in [4.69, 9.17) is 16.3 Å². The molecule has 2 N–H and O–H groups in total. The summed E-state index contributed by atoms with van der Waals surface area (Å²) in [6, 6.07) is 17.8. The van der Waals surface area contributed by atoms with Gasteiger partial charge in [-0.05, 0) is 60.7 Å². The molecule has 0 unspecified atom stereocenters. The topological polar surface area (TPSA) is 135 Å². The van der Waals surface area contributed by atoms with Crippen molar-refractivity contribution in [1.82, 2.24) is 4.98 Å². The van der Waals surface area contributed by atoms with Crippen molar-refractivity contribution in [3.8, 4) is 5.75 Å². The molecule has 4 aromatic rings. The van der Waals surface area contributed by atoms with Gasteiger partial charge in [0.25, 0.3) is 26.0 Å². The molecule has 14 heteroatoms. The number of carbonyl (C=O) groups excluding carboxylic acids is 1. The minimum absolute atomic E-state index is 0.0147. The van der Waals surface area contributed by atoms with Crippen molar-refractivity contribution in [3.63, 3.8) is 0 Å². The molecule has 0 fully saturated rings. The number of para-hydroxylation sites is 2. The van der Waals surface area contributed by atoms with Crippen molar-refractivity contribution in [3.05, 3.63) is 89.4 Å². The number of thiazole rings is 1. The molecule has 1 aromatic heterocycles. The molecule has 196 valence electrons. The standard InChI is InChI=1S/C24H19ClN4O6S3/c25-16-5-9-19(10-6-16)38(33,34)29-15-22(35-21-4-2-1-3-20(21)29)23(30)27-17-7-11-18(12-8-17)37(31,32)28-24-26-13-14-36-24/h1-14,22H,15H2,(H,26,28)(H,27,30)/t22-/m0/s1. The van der Waals surface area contributed by atoms with Gasteiger partial charge in [0.05, 0.1) is 22.0 Å². The van der Waals surface area contributed by atoms with Gasteiger partial charge in [-0.1, -0.05) is 23.7 Å². The van der Waals surface area contributed by atoms with E-state index in [1.807, 2.05) is 0 Å². The van der Waals surface area contributed by atoms with Crippen LogP contribution in [-0.4, -0.2) is 40.4 Å². The molecule has 3 aromatic carbocycles. The SMILES string of the molecule is O=C(Nc1ccc(S(=O)(=O)Nc2nccs2)cc1)[C@@H]1CN(S(=O)(=O)c2ccc(Cl)cc2)c2ccccc2O1. The summed E-state index contributed by atoms with van der Waals surface area (Å²) in [5, 5.41) is 4.92. The Balaban J connectivity index is 1.35. The van der Waals surface area contributed by atoms with Crippen LogP contribution in [-0.2, 0) is 24.8 Å². The molecule has 0 spiro atoms. The van der Waals surface area contributed by atoms with Crippen molar-refractivity contribution in [2.45, 2.75) is 15.9 Å². The summed E-state index contributed by atoms with van der Waals surface area (Å²) in [6.45, 7) is -0.280. The number of rotatable bonds is 7. The van der Waals surface area contributed by atoms with E-state index in [9.17, 15) is 21.6 Å². The Morgan fingerprint density at radius 3 is 2.34 bits per heavy atom. The minimum Gasteiger partial charge on any atom is -0.476 e.